The summed E-state index contributed by atoms with van der Waals surface area (Å²) in [7, 11) is 1.60. The molecule has 3 heterocycles. The second-order valence-electron chi connectivity index (χ2n) is 4.25. The van der Waals surface area contributed by atoms with Crippen LogP contribution in [0.5, 0.6) is 5.88 Å². The van der Waals surface area contributed by atoms with Crippen LogP contribution in [0.3, 0.4) is 0 Å². The molecule has 4 rings (SSSR count). The fraction of sp³-hybridized carbons (Fsp3) is 0.600. The van der Waals surface area contributed by atoms with Crippen LogP contribution in [0.15, 0.2) is 12.3 Å². The van der Waals surface area contributed by atoms with Gasteiger partial charge in [0.15, 0.2) is 0 Å². The van der Waals surface area contributed by atoms with Gasteiger partial charge in [0.25, 0.3) is 0 Å². The Morgan fingerprint density at radius 2 is 2.47 bits per heavy atom. The summed E-state index contributed by atoms with van der Waals surface area (Å²) >= 11 is 0. The van der Waals surface area contributed by atoms with Crippen LogP contribution < -0.4 is 15.4 Å². The Bertz CT molecular complexity index is 383. The van der Waals surface area contributed by atoms with Crippen molar-refractivity contribution < 1.29 is 4.74 Å². The second-order valence-corrected chi connectivity index (χ2v) is 4.25. The van der Waals surface area contributed by atoms with Gasteiger partial charge >= 0.3 is 0 Å². The molecule has 2 saturated heterocycles. The summed E-state index contributed by atoms with van der Waals surface area (Å²) in [6.45, 7) is 1.04. The van der Waals surface area contributed by atoms with E-state index in [1.54, 1.807) is 13.3 Å². The lowest BCUT2D eigenvalue weighted by Gasteiger charge is -2.33. The summed E-state index contributed by atoms with van der Waals surface area (Å²) < 4.78 is 5.06. The average Bonchev–Trinajstić information content (AvgIpc) is 2.86. The number of nitrogens with zero attached hydrogens (tertiary/aromatic N) is 3. The molecule has 3 aliphatic rings. The van der Waals surface area contributed by atoms with Gasteiger partial charge in [0, 0.05) is 24.7 Å². The lowest BCUT2D eigenvalue weighted by Crippen LogP contribution is -2.49. The van der Waals surface area contributed by atoms with Gasteiger partial charge in [0.1, 0.15) is 0 Å². The number of nitrogens with two attached hydrogens (primary N) is 1. The van der Waals surface area contributed by atoms with Gasteiger partial charge in [-0.15, -0.1) is 5.10 Å². The maximum atomic E-state index is 6.02. The minimum atomic E-state index is 0.337. The third kappa shape index (κ3) is 1.19. The van der Waals surface area contributed by atoms with Gasteiger partial charge in [-0.2, -0.15) is 5.10 Å². The topological polar surface area (TPSA) is 64.3 Å². The smallest absolute Gasteiger partial charge is 0.235 e. The summed E-state index contributed by atoms with van der Waals surface area (Å²) in [5, 5.41) is 7.78. The zero-order chi connectivity index (χ0) is 10.4. The minimum Gasteiger partial charge on any atom is -0.480 e. The average molecular weight is 206 g/mol. The molecule has 2 N–H and O–H groups in total. The van der Waals surface area contributed by atoms with E-state index in [-0.39, 0.29) is 0 Å². The highest BCUT2D eigenvalue weighted by Crippen LogP contribution is 2.42. The van der Waals surface area contributed by atoms with Gasteiger partial charge in [0.2, 0.25) is 5.88 Å². The van der Waals surface area contributed by atoms with Crippen molar-refractivity contribution in [2.75, 3.05) is 18.6 Å². The Kier molecular flexibility index (Phi) is 1.82. The lowest BCUT2D eigenvalue weighted by molar-refractivity contribution is 0.311. The molecule has 1 aromatic rings. The molecular formula is C10H14N4O. The van der Waals surface area contributed by atoms with E-state index >= 15 is 0 Å². The fourth-order valence-electron chi connectivity index (χ4n) is 2.55. The normalized spacial score (nSPS) is 32.7. The van der Waals surface area contributed by atoms with Crippen molar-refractivity contribution >= 4 is 5.69 Å². The number of aromatic nitrogens is 2. The Morgan fingerprint density at radius 1 is 1.60 bits per heavy atom. The summed E-state index contributed by atoms with van der Waals surface area (Å²) in [6, 6.07) is 2.74. The van der Waals surface area contributed by atoms with Gasteiger partial charge < -0.3 is 15.4 Å². The number of hydrogen-bond acceptors (Lipinski definition) is 5. The van der Waals surface area contributed by atoms with Gasteiger partial charge in [0.05, 0.1) is 19.0 Å². The number of ether oxygens (including phenoxy) is 1. The zero-order valence-corrected chi connectivity index (χ0v) is 8.63. The van der Waals surface area contributed by atoms with Crippen molar-refractivity contribution in [1.82, 2.24) is 10.2 Å². The third-order valence-corrected chi connectivity index (χ3v) is 3.52. The highest BCUT2D eigenvalue weighted by atomic mass is 16.5. The van der Waals surface area contributed by atoms with Crippen LogP contribution in [0.25, 0.3) is 0 Å². The summed E-state index contributed by atoms with van der Waals surface area (Å²) in [4.78, 5) is 2.31. The predicted octanol–water partition coefficient (Wildman–Crippen LogP) is 0.0210. The van der Waals surface area contributed by atoms with Gasteiger partial charge in [-0.1, -0.05) is 0 Å². The van der Waals surface area contributed by atoms with Crippen molar-refractivity contribution in [3.63, 3.8) is 0 Å². The van der Waals surface area contributed by atoms with Crippen LogP contribution in [-0.2, 0) is 0 Å². The van der Waals surface area contributed by atoms with E-state index in [2.05, 4.69) is 15.1 Å². The van der Waals surface area contributed by atoms with Crippen molar-refractivity contribution in [2.24, 2.45) is 11.7 Å². The number of fused-ring (bicyclic) bond motifs is 1. The van der Waals surface area contributed by atoms with E-state index < -0.39 is 0 Å². The van der Waals surface area contributed by atoms with Crippen LogP contribution in [-0.4, -0.2) is 35.9 Å². The van der Waals surface area contributed by atoms with Crippen LogP contribution >= 0.6 is 0 Å². The Morgan fingerprint density at radius 3 is 3.07 bits per heavy atom. The summed E-state index contributed by atoms with van der Waals surface area (Å²) in [6.07, 6.45) is 2.99. The molecule has 15 heavy (non-hydrogen) atoms. The zero-order valence-electron chi connectivity index (χ0n) is 8.63. The maximum Gasteiger partial charge on any atom is 0.235 e. The van der Waals surface area contributed by atoms with E-state index in [0.29, 0.717) is 23.9 Å². The van der Waals surface area contributed by atoms with Gasteiger partial charge in [-0.05, 0) is 12.3 Å². The number of hydrogen-bond donors (Lipinski definition) is 1. The van der Waals surface area contributed by atoms with Crippen molar-refractivity contribution in [3.05, 3.63) is 12.3 Å². The Balaban J connectivity index is 1.87. The molecule has 2 aliphatic heterocycles. The molecule has 5 nitrogen and oxygen atoms in total. The molecular weight excluding hydrogens is 192 g/mol. The predicted molar refractivity (Wildman–Crippen MR) is 55.8 cm³/mol. The van der Waals surface area contributed by atoms with Crippen molar-refractivity contribution in [2.45, 2.75) is 18.5 Å². The number of rotatable bonds is 2. The molecule has 80 valence electrons. The van der Waals surface area contributed by atoms with Gasteiger partial charge in [-0.3, -0.25) is 0 Å². The molecule has 0 radical (unpaired) electrons. The first kappa shape index (κ1) is 8.91. The van der Waals surface area contributed by atoms with E-state index in [1.807, 2.05) is 6.07 Å². The van der Waals surface area contributed by atoms with Crippen molar-refractivity contribution in [3.8, 4) is 5.88 Å². The molecule has 3 fully saturated rings. The fourth-order valence-corrected chi connectivity index (χ4v) is 2.55. The molecule has 0 spiro atoms. The van der Waals surface area contributed by atoms with Crippen LogP contribution in [0.4, 0.5) is 5.69 Å². The van der Waals surface area contributed by atoms with Crippen LogP contribution in [0, 0.1) is 5.92 Å². The Hall–Kier alpha value is -1.36. The number of anilines is 1. The molecule has 1 aromatic heterocycles. The van der Waals surface area contributed by atoms with E-state index in [4.69, 9.17) is 10.5 Å². The quantitative estimate of drug-likeness (QED) is 0.739. The van der Waals surface area contributed by atoms with E-state index in [0.717, 1.165) is 12.2 Å². The molecule has 1 saturated carbocycles. The van der Waals surface area contributed by atoms with Crippen LogP contribution in [0.2, 0.25) is 0 Å². The molecule has 0 amide bonds. The molecule has 1 aliphatic carbocycles. The molecule has 3 unspecified atom stereocenters. The van der Waals surface area contributed by atoms with E-state index in [9.17, 15) is 0 Å². The molecule has 5 heteroatoms. The van der Waals surface area contributed by atoms with Crippen molar-refractivity contribution in [1.29, 1.82) is 0 Å². The number of methoxy groups -OCH3 is 1. The van der Waals surface area contributed by atoms with Crippen LogP contribution in [0.1, 0.15) is 6.42 Å². The first-order valence-corrected chi connectivity index (χ1v) is 5.18. The minimum absolute atomic E-state index is 0.337. The first-order valence-electron chi connectivity index (χ1n) is 5.18. The third-order valence-electron chi connectivity index (χ3n) is 3.52. The summed E-state index contributed by atoms with van der Waals surface area (Å²) in [5.41, 5.74) is 7.09. The highest BCUT2D eigenvalue weighted by Gasteiger charge is 2.50. The first-order chi connectivity index (χ1) is 7.29. The molecule has 2 bridgehead atoms. The second kappa shape index (κ2) is 3.06. The van der Waals surface area contributed by atoms with E-state index in [1.165, 1.54) is 6.42 Å². The van der Waals surface area contributed by atoms with Gasteiger partial charge in [-0.25, -0.2) is 0 Å². The lowest BCUT2D eigenvalue weighted by atomic mass is 9.81. The largest absolute Gasteiger partial charge is 0.480 e. The standard InChI is InChI=1S/C10H14N4O/c1-15-9-3-7(4-12-13-9)14-5-6-2-8(14)10(6)11/h3-4,6,8,10H,2,5,11H2,1H3. The maximum absolute atomic E-state index is 6.02. The summed E-state index contributed by atoms with van der Waals surface area (Å²) in [5.74, 6) is 1.22. The molecule has 0 aromatic carbocycles. The Labute approximate surface area is 88.2 Å². The molecule has 3 atom stereocenters. The highest BCUT2D eigenvalue weighted by molar-refractivity contribution is 5.51. The SMILES string of the molecule is COc1cc(N2CC3CC2C3N)cnn1. The monoisotopic (exact) mass is 206 g/mol.